The van der Waals surface area contributed by atoms with Crippen molar-refractivity contribution in [2.75, 3.05) is 0 Å². The van der Waals surface area contributed by atoms with E-state index in [1.165, 1.54) is 30.3 Å². The van der Waals surface area contributed by atoms with E-state index in [4.69, 9.17) is 11.6 Å². The first-order valence-electron chi connectivity index (χ1n) is 5.42. The molecule has 0 saturated carbocycles. The van der Waals surface area contributed by atoms with E-state index in [2.05, 4.69) is 0 Å². The normalized spacial score (nSPS) is 11.4. The molecule has 3 nitrogen and oxygen atoms in total. The molecule has 0 aliphatic rings. The Bertz CT molecular complexity index is 671. The molecule has 0 fully saturated rings. The zero-order chi connectivity index (χ0) is 14.9. The van der Waals surface area contributed by atoms with Gasteiger partial charge in [-0.15, -0.1) is 0 Å². The van der Waals surface area contributed by atoms with Crippen molar-refractivity contribution in [1.29, 1.82) is 0 Å². The number of hydrogen-bond acceptors (Lipinski definition) is 2. The predicted molar refractivity (Wildman–Crippen MR) is 68.5 cm³/mol. The SMILES string of the molecule is O=[N+]([O-])c1cccc(-c2ccccc2C(F)(F)F)c1Cl. The second kappa shape index (κ2) is 5.13. The molecule has 0 atom stereocenters. The van der Waals surface area contributed by atoms with Crippen molar-refractivity contribution >= 4 is 17.3 Å². The van der Waals surface area contributed by atoms with E-state index < -0.39 is 22.4 Å². The van der Waals surface area contributed by atoms with Crippen LogP contribution in [0.4, 0.5) is 18.9 Å². The molecule has 0 aromatic heterocycles. The van der Waals surface area contributed by atoms with Crippen molar-refractivity contribution in [2.45, 2.75) is 6.18 Å². The van der Waals surface area contributed by atoms with Crippen molar-refractivity contribution in [3.05, 3.63) is 63.2 Å². The number of nitro benzene ring substituents is 1. The van der Waals surface area contributed by atoms with Gasteiger partial charge in [0.15, 0.2) is 0 Å². The standard InChI is InChI=1S/C13H7ClF3NO2/c14-12-9(5-3-7-11(12)18(19)20)8-4-1-2-6-10(8)13(15,16)17/h1-7H. The van der Waals surface area contributed by atoms with Crippen LogP contribution in [-0.4, -0.2) is 4.92 Å². The average Bonchev–Trinajstić information content (AvgIpc) is 2.37. The Balaban J connectivity index is 2.70. The maximum atomic E-state index is 12.9. The Morgan fingerprint density at radius 2 is 1.60 bits per heavy atom. The fourth-order valence-electron chi connectivity index (χ4n) is 1.83. The summed E-state index contributed by atoms with van der Waals surface area (Å²) < 4.78 is 38.8. The van der Waals surface area contributed by atoms with Gasteiger partial charge in [-0.2, -0.15) is 13.2 Å². The summed E-state index contributed by atoms with van der Waals surface area (Å²) in [6.45, 7) is 0. The zero-order valence-electron chi connectivity index (χ0n) is 9.82. The van der Waals surface area contributed by atoms with Gasteiger partial charge in [-0.25, -0.2) is 0 Å². The molecule has 0 spiro atoms. The third-order valence-corrected chi connectivity index (χ3v) is 3.09. The van der Waals surface area contributed by atoms with Gasteiger partial charge in [-0.05, 0) is 11.6 Å². The molecule has 0 saturated heterocycles. The third kappa shape index (κ3) is 2.60. The lowest BCUT2D eigenvalue weighted by atomic mass is 9.99. The first kappa shape index (κ1) is 14.3. The second-order valence-corrected chi connectivity index (χ2v) is 4.32. The first-order valence-corrected chi connectivity index (χ1v) is 5.79. The molecule has 0 aliphatic carbocycles. The molecule has 0 amide bonds. The van der Waals surface area contributed by atoms with Crippen molar-refractivity contribution in [2.24, 2.45) is 0 Å². The number of rotatable bonds is 2. The number of benzene rings is 2. The van der Waals surface area contributed by atoms with Crippen LogP contribution in [0.5, 0.6) is 0 Å². The van der Waals surface area contributed by atoms with Crippen LogP contribution in [0.25, 0.3) is 11.1 Å². The second-order valence-electron chi connectivity index (χ2n) is 3.94. The van der Waals surface area contributed by atoms with E-state index in [1.807, 2.05) is 0 Å². The minimum atomic E-state index is -4.56. The number of nitro groups is 1. The topological polar surface area (TPSA) is 43.1 Å². The van der Waals surface area contributed by atoms with Crippen molar-refractivity contribution in [1.82, 2.24) is 0 Å². The molecular formula is C13H7ClF3NO2. The largest absolute Gasteiger partial charge is 0.417 e. The number of hydrogen-bond donors (Lipinski definition) is 0. The van der Waals surface area contributed by atoms with Gasteiger partial charge in [0.1, 0.15) is 5.02 Å². The van der Waals surface area contributed by atoms with E-state index in [-0.39, 0.29) is 16.1 Å². The maximum absolute atomic E-state index is 12.9. The summed E-state index contributed by atoms with van der Waals surface area (Å²) in [5.74, 6) is 0. The molecule has 0 unspecified atom stereocenters. The lowest BCUT2D eigenvalue weighted by molar-refractivity contribution is -0.384. The highest BCUT2D eigenvalue weighted by molar-refractivity contribution is 6.35. The van der Waals surface area contributed by atoms with Gasteiger partial charge < -0.3 is 0 Å². The molecule has 2 aromatic rings. The van der Waals surface area contributed by atoms with Crippen molar-refractivity contribution in [3.8, 4) is 11.1 Å². The maximum Gasteiger partial charge on any atom is 0.417 e. The smallest absolute Gasteiger partial charge is 0.258 e. The Labute approximate surface area is 116 Å². The van der Waals surface area contributed by atoms with Crippen LogP contribution < -0.4 is 0 Å². The van der Waals surface area contributed by atoms with Gasteiger partial charge in [0.2, 0.25) is 0 Å². The molecule has 0 bridgehead atoms. The van der Waals surface area contributed by atoms with E-state index in [0.29, 0.717) is 0 Å². The molecule has 0 aliphatic heterocycles. The molecule has 104 valence electrons. The summed E-state index contributed by atoms with van der Waals surface area (Å²) in [4.78, 5) is 10.1. The van der Waals surface area contributed by atoms with Gasteiger partial charge in [0.05, 0.1) is 10.5 Å². The lowest BCUT2D eigenvalue weighted by Crippen LogP contribution is -2.07. The molecule has 7 heteroatoms. The van der Waals surface area contributed by atoms with Gasteiger partial charge in [0.25, 0.3) is 5.69 Å². The summed E-state index contributed by atoms with van der Waals surface area (Å²) >= 11 is 5.85. The number of halogens is 4. The van der Waals surface area contributed by atoms with Gasteiger partial charge in [-0.1, -0.05) is 41.9 Å². The Kier molecular flexibility index (Phi) is 3.67. The quantitative estimate of drug-likeness (QED) is 0.583. The lowest BCUT2D eigenvalue weighted by Gasteiger charge is -2.13. The van der Waals surface area contributed by atoms with Crippen LogP contribution in [0.2, 0.25) is 5.02 Å². The number of alkyl halides is 3. The van der Waals surface area contributed by atoms with E-state index in [0.717, 1.165) is 12.1 Å². The van der Waals surface area contributed by atoms with E-state index in [1.54, 1.807) is 0 Å². The van der Waals surface area contributed by atoms with E-state index >= 15 is 0 Å². The highest BCUT2D eigenvalue weighted by Crippen LogP contribution is 2.41. The molecule has 20 heavy (non-hydrogen) atoms. The van der Waals surface area contributed by atoms with Gasteiger partial charge in [0, 0.05) is 11.6 Å². The highest BCUT2D eigenvalue weighted by Gasteiger charge is 2.34. The van der Waals surface area contributed by atoms with Gasteiger partial charge >= 0.3 is 6.18 Å². The van der Waals surface area contributed by atoms with Crippen LogP contribution in [0.1, 0.15) is 5.56 Å². The summed E-state index contributed by atoms with van der Waals surface area (Å²) in [7, 11) is 0. The Hall–Kier alpha value is -2.08. The Morgan fingerprint density at radius 1 is 1.00 bits per heavy atom. The minimum absolute atomic E-state index is 0.0196. The fraction of sp³-hybridized carbons (Fsp3) is 0.0769. The van der Waals surface area contributed by atoms with Crippen LogP contribution in [0.15, 0.2) is 42.5 Å². The van der Waals surface area contributed by atoms with Crippen molar-refractivity contribution in [3.63, 3.8) is 0 Å². The fourth-order valence-corrected chi connectivity index (χ4v) is 2.13. The molecular weight excluding hydrogens is 295 g/mol. The molecule has 0 radical (unpaired) electrons. The Morgan fingerprint density at radius 3 is 2.20 bits per heavy atom. The number of nitrogens with zero attached hydrogens (tertiary/aromatic N) is 1. The molecule has 0 N–H and O–H groups in total. The average molecular weight is 302 g/mol. The first-order chi connectivity index (χ1) is 9.32. The van der Waals surface area contributed by atoms with Crippen LogP contribution in [-0.2, 0) is 6.18 Å². The molecule has 2 aromatic carbocycles. The van der Waals surface area contributed by atoms with Crippen molar-refractivity contribution < 1.29 is 18.1 Å². The minimum Gasteiger partial charge on any atom is -0.258 e. The van der Waals surface area contributed by atoms with Crippen LogP contribution in [0.3, 0.4) is 0 Å². The summed E-state index contributed by atoms with van der Waals surface area (Å²) in [5.41, 5.74) is -1.52. The predicted octanol–water partition coefficient (Wildman–Crippen LogP) is 4.93. The third-order valence-electron chi connectivity index (χ3n) is 2.70. The van der Waals surface area contributed by atoms with Crippen LogP contribution in [0, 0.1) is 10.1 Å². The van der Waals surface area contributed by atoms with E-state index in [9.17, 15) is 23.3 Å². The monoisotopic (exact) mass is 301 g/mol. The zero-order valence-corrected chi connectivity index (χ0v) is 10.6. The molecule has 2 rings (SSSR count). The van der Waals surface area contributed by atoms with Gasteiger partial charge in [-0.3, -0.25) is 10.1 Å². The highest BCUT2D eigenvalue weighted by atomic mass is 35.5. The molecule has 0 heterocycles. The summed E-state index contributed by atoms with van der Waals surface area (Å²) in [5, 5.41) is 10.5. The van der Waals surface area contributed by atoms with Crippen LogP contribution >= 0.6 is 11.6 Å². The summed E-state index contributed by atoms with van der Waals surface area (Å²) in [6, 6.07) is 8.56. The summed E-state index contributed by atoms with van der Waals surface area (Å²) in [6.07, 6.45) is -4.56.